The lowest BCUT2D eigenvalue weighted by molar-refractivity contribution is 0.316. The molecule has 0 bridgehead atoms. The highest BCUT2D eigenvalue weighted by Gasteiger charge is 2.31. The average molecular weight is 357 g/mol. The smallest absolute Gasteiger partial charge is 0.0459 e. The van der Waals surface area contributed by atoms with Crippen LogP contribution in [0.15, 0.2) is 60.7 Å². The van der Waals surface area contributed by atoms with Gasteiger partial charge in [0.25, 0.3) is 0 Å². The minimum Gasteiger partial charge on any atom is -0.358 e. The second kappa shape index (κ2) is 7.01. The molecule has 0 fully saturated rings. The molecule has 3 unspecified atom stereocenters. The molecule has 2 heteroatoms. The summed E-state index contributed by atoms with van der Waals surface area (Å²) in [4.78, 5) is 3.67. The van der Waals surface area contributed by atoms with Gasteiger partial charge in [-0.25, -0.2) is 0 Å². The molecule has 2 N–H and O–H groups in total. The molecule has 2 aliphatic rings. The summed E-state index contributed by atoms with van der Waals surface area (Å²) in [5.41, 5.74) is 7.26. The lowest BCUT2D eigenvalue weighted by atomic mass is 9.74. The Labute approximate surface area is 161 Å². The van der Waals surface area contributed by atoms with E-state index in [4.69, 9.17) is 0 Å². The molecule has 3 aromatic rings. The summed E-state index contributed by atoms with van der Waals surface area (Å²) in [6.45, 7) is 3.44. The van der Waals surface area contributed by atoms with E-state index in [0.717, 1.165) is 18.9 Å². The summed E-state index contributed by atoms with van der Waals surface area (Å²) in [5, 5.41) is 5.19. The zero-order valence-electron chi connectivity index (χ0n) is 16.0. The van der Waals surface area contributed by atoms with Gasteiger partial charge in [0, 0.05) is 29.2 Å². The number of hydrogen-bond acceptors (Lipinski definition) is 1. The van der Waals surface area contributed by atoms with E-state index in [9.17, 15) is 0 Å². The Morgan fingerprint density at radius 3 is 2.70 bits per heavy atom. The maximum absolute atomic E-state index is 3.76. The second-order valence-corrected chi connectivity index (χ2v) is 8.29. The number of benzene rings is 2. The third-order valence-electron chi connectivity index (χ3n) is 6.71. The molecule has 5 rings (SSSR count). The number of aromatic nitrogens is 1. The summed E-state index contributed by atoms with van der Waals surface area (Å²) < 4.78 is 0. The van der Waals surface area contributed by atoms with Crippen molar-refractivity contribution < 1.29 is 0 Å². The maximum Gasteiger partial charge on any atom is 0.0459 e. The Balaban J connectivity index is 1.34. The van der Waals surface area contributed by atoms with Crippen molar-refractivity contribution in [2.24, 2.45) is 5.92 Å². The predicted octanol–water partition coefficient (Wildman–Crippen LogP) is 5.67. The van der Waals surface area contributed by atoms with E-state index in [1.165, 1.54) is 47.0 Å². The number of H-pyrrole nitrogens is 1. The highest BCUT2D eigenvalue weighted by Crippen LogP contribution is 2.42. The fourth-order valence-corrected chi connectivity index (χ4v) is 5.26. The monoisotopic (exact) mass is 356 g/mol. The van der Waals surface area contributed by atoms with Crippen LogP contribution in [0.4, 0.5) is 0 Å². The molecule has 2 aromatic carbocycles. The summed E-state index contributed by atoms with van der Waals surface area (Å²) in [5.74, 6) is 1.38. The van der Waals surface area contributed by atoms with Crippen molar-refractivity contribution in [1.29, 1.82) is 0 Å². The normalized spacial score (nSPS) is 25.2. The summed E-state index contributed by atoms with van der Waals surface area (Å²) in [6, 6.07) is 20.3. The van der Waals surface area contributed by atoms with Gasteiger partial charge in [-0.05, 0) is 60.3 Å². The molecule has 1 aliphatic heterocycles. The Morgan fingerprint density at radius 2 is 1.81 bits per heavy atom. The SMILES string of the molecule is CC1c2c([nH]c3ccccc23)CCC1CC1CC(c2ccccc2)=CCN1. The molecule has 0 amide bonds. The number of aromatic amines is 1. The third kappa shape index (κ3) is 3.12. The summed E-state index contributed by atoms with van der Waals surface area (Å²) >= 11 is 0. The molecule has 0 saturated carbocycles. The van der Waals surface area contributed by atoms with Crippen LogP contribution >= 0.6 is 0 Å². The average Bonchev–Trinajstić information content (AvgIpc) is 3.10. The van der Waals surface area contributed by atoms with E-state index in [0.29, 0.717) is 12.0 Å². The molecule has 0 spiro atoms. The Morgan fingerprint density at radius 1 is 1.00 bits per heavy atom. The molecule has 1 aliphatic carbocycles. The summed E-state index contributed by atoms with van der Waals surface area (Å²) in [7, 11) is 0. The molecule has 2 heterocycles. The molecule has 2 nitrogen and oxygen atoms in total. The van der Waals surface area contributed by atoms with E-state index < -0.39 is 0 Å². The van der Waals surface area contributed by atoms with Crippen molar-refractivity contribution in [3.05, 3.63) is 77.5 Å². The topological polar surface area (TPSA) is 27.8 Å². The minimum atomic E-state index is 0.587. The Kier molecular flexibility index (Phi) is 4.37. The molecule has 1 aromatic heterocycles. The van der Waals surface area contributed by atoms with E-state index in [1.54, 1.807) is 5.56 Å². The van der Waals surface area contributed by atoms with E-state index in [-0.39, 0.29) is 0 Å². The first-order valence-corrected chi connectivity index (χ1v) is 10.4. The fraction of sp³-hybridized carbons (Fsp3) is 0.360. The number of para-hydroxylation sites is 1. The van der Waals surface area contributed by atoms with Crippen LogP contribution in [0.3, 0.4) is 0 Å². The number of rotatable bonds is 3. The highest BCUT2D eigenvalue weighted by atomic mass is 14.9. The van der Waals surface area contributed by atoms with E-state index in [1.807, 2.05) is 0 Å². The largest absolute Gasteiger partial charge is 0.358 e. The van der Waals surface area contributed by atoms with Crippen molar-refractivity contribution in [3.8, 4) is 0 Å². The van der Waals surface area contributed by atoms with Gasteiger partial charge in [0.05, 0.1) is 0 Å². The van der Waals surface area contributed by atoms with Gasteiger partial charge in [0.1, 0.15) is 0 Å². The van der Waals surface area contributed by atoms with Crippen LogP contribution in [0.25, 0.3) is 16.5 Å². The van der Waals surface area contributed by atoms with Crippen LogP contribution in [0.2, 0.25) is 0 Å². The minimum absolute atomic E-state index is 0.587. The third-order valence-corrected chi connectivity index (χ3v) is 6.71. The predicted molar refractivity (Wildman–Crippen MR) is 114 cm³/mol. The number of fused-ring (bicyclic) bond motifs is 3. The summed E-state index contributed by atoms with van der Waals surface area (Å²) in [6.07, 6.45) is 7.27. The van der Waals surface area contributed by atoms with Crippen molar-refractivity contribution in [2.75, 3.05) is 6.54 Å². The molecule has 138 valence electrons. The highest BCUT2D eigenvalue weighted by molar-refractivity contribution is 5.85. The van der Waals surface area contributed by atoms with Crippen molar-refractivity contribution in [1.82, 2.24) is 10.3 Å². The van der Waals surface area contributed by atoms with Gasteiger partial charge in [0.2, 0.25) is 0 Å². The molecular weight excluding hydrogens is 328 g/mol. The molecule has 0 saturated heterocycles. The van der Waals surface area contributed by atoms with Crippen molar-refractivity contribution in [2.45, 2.75) is 44.6 Å². The van der Waals surface area contributed by atoms with Crippen LogP contribution in [-0.2, 0) is 6.42 Å². The standard InChI is InChI=1S/C25H28N2/c1-17-19(11-12-24-25(17)22-9-5-6-10-23(22)27-24)15-21-16-20(13-14-26-21)18-7-3-2-4-8-18/h2-10,13,17,19,21,26-27H,11-12,14-16H2,1H3. The Hall–Kier alpha value is -2.32. The first-order chi connectivity index (χ1) is 13.3. The number of aryl methyl sites for hydroxylation is 1. The first-order valence-electron chi connectivity index (χ1n) is 10.4. The van der Waals surface area contributed by atoms with Crippen LogP contribution in [0.5, 0.6) is 0 Å². The molecule has 27 heavy (non-hydrogen) atoms. The van der Waals surface area contributed by atoms with E-state index in [2.05, 4.69) is 77.9 Å². The maximum atomic E-state index is 3.76. The molecular formula is C25H28N2. The van der Waals surface area contributed by atoms with Gasteiger partial charge < -0.3 is 10.3 Å². The lowest BCUT2D eigenvalue weighted by Crippen LogP contribution is -2.36. The lowest BCUT2D eigenvalue weighted by Gasteiger charge is -2.34. The van der Waals surface area contributed by atoms with E-state index >= 15 is 0 Å². The molecule has 0 radical (unpaired) electrons. The van der Waals surface area contributed by atoms with Crippen LogP contribution in [0.1, 0.15) is 48.9 Å². The van der Waals surface area contributed by atoms with Gasteiger partial charge in [-0.1, -0.05) is 61.5 Å². The van der Waals surface area contributed by atoms with Gasteiger partial charge >= 0.3 is 0 Å². The zero-order chi connectivity index (χ0) is 18.2. The van der Waals surface area contributed by atoms with Crippen molar-refractivity contribution >= 4 is 16.5 Å². The van der Waals surface area contributed by atoms with Crippen LogP contribution in [0, 0.1) is 5.92 Å². The second-order valence-electron chi connectivity index (χ2n) is 8.29. The first kappa shape index (κ1) is 16.8. The quantitative estimate of drug-likeness (QED) is 0.622. The van der Waals surface area contributed by atoms with Gasteiger partial charge in [-0.2, -0.15) is 0 Å². The zero-order valence-corrected chi connectivity index (χ0v) is 16.0. The number of nitrogens with one attached hydrogen (secondary N) is 2. The van der Waals surface area contributed by atoms with Gasteiger partial charge in [-0.15, -0.1) is 0 Å². The fourth-order valence-electron chi connectivity index (χ4n) is 5.26. The van der Waals surface area contributed by atoms with Crippen LogP contribution in [-0.4, -0.2) is 17.6 Å². The number of hydrogen-bond donors (Lipinski definition) is 2. The Bertz CT molecular complexity index is 966. The van der Waals surface area contributed by atoms with Gasteiger partial charge in [-0.3, -0.25) is 0 Å². The van der Waals surface area contributed by atoms with Crippen molar-refractivity contribution in [3.63, 3.8) is 0 Å². The van der Waals surface area contributed by atoms with Crippen LogP contribution < -0.4 is 5.32 Å². The molecule has 3 atom stereocenters. The van der Waals surface area contributed by atoms with Gasteiger partial charge in [0.15, 0.2) is 0 Å².